The van der Waals surface area contributed by atoms with Crippen molar-refractivity contribution < 1.29 is 18.3 Å². The summed E-state index contributed by atoms with van der Waals surface area (Å²) in [4.78, 5) is 12.1. The van der Waals surface area contributed by atoms with E-state index in [0.717, 1.165) is 27.5 Å². The minimum Gasteiger partial charge on any atom is -0.456 e. The van der Waals surface area contributed by atoms with Crippen LogP contribution >= 0.6 is 0 Å². The highest BCUT2D eigenvalue weighted by Gasteiger charge is 2.21. The molecule has 0 radical (unpaired) electrons. The van der Waals surface area contributed by atoms with Crippen LogP contribution in [0, 0.1) is 13.8 Å². The van der Waals surface area contributed by atoms with Crippen molar-refractivity contribution in [2.24, 2.45) is 0 Å². The first-order valence-corrected chi connectivity index (χ1v) is 7.98. The molecule has 0 saturated heterocycles. The SMILES string of the molecule is Cc1ccc2oc(-c3cc(=O)oc4cc5c(cc34)OCO5)c(C)c2c1. The highest BCUT2D eigenvalue weighted by Crippen LogP contribution is 2.41. The van der Waals surface area contributed by atoms with Crippen molar-refractivity contribution in [1.29, 1.82) is 0 Å². The number of aryl methyl sites for hydroxylation is 2. The number of rotatable bonds is 1. The summed E-state index contributed by atoms with van der Waals surface area (Å²) in [6.45, 7) is 4.20. The molecule has 0 unspecified atom stereocenters. The molecule has 0 fully saturated rings. The van der Waals surface area contributed by atoms with Crippen molar-refractivity contribution in [3.8, 4) is 22.8 Å². The van der Waals surface area contributed by atoms with Gasteiger partial charge in [0.15, 0.2) is 11.5 Å². The predicted octanol–water partition coefficient (Wildman–Crippen LogP) is 4.55. The van der Waals surface area contributed by atoms with Gasteiger partial charge >= 0.3 is 5.63 Å². The summed E-state index contributed by atoms with van der Waals surface area (Å²) >= 11 is 0. The van der Waals surface area contributed by atoms with E-state index in [1.807, 2.05) is 32.0 Å². The largest absolute Gasteiger partial charge is 0.456 e. The fourth-order valence-corrected chi connectivity index (χ4v) is 3.33. The van der Waals surface area contributed by atoms with Gasteiger partial charge in [-0.2, -0.15) is 0 Å². The molecule has 0 saturated carbocycles. The zero-order valence-electron chi connectivity index (χ0n) is 13.7. The van der Waals surface area contributed by atoms with Gasteiger partial charge in [-0.15, -0.1) is 0 Å². The third kappa shape index (κ3) is 2.05. The molecule has 2 aromatic heterocycles. The first-order chi connectivity index (χ1) is 12.1. The Morgan fingerprint density at radius 3 is 2.48 bits per heavy atom. The molecular weight excluding hydrogens is 320 g/mol. The molecule has 1 aliphatic rings. The van der Waals surface area contributed by atoms with E-state index in [9.17, 15) is 4.79 Å². The molecule has 5 heteroatoms. The monoisotopic (exact) mass is 334 g/mol. The van der Waals surface area contributed by atoms with E-state index < -0.39 is 5.63 Å². The van der Waals surface area contributed by atoms with Crippen molar-refractivity contribution in [2.45, 2.75) is 13.8 Å². The molecule has 5 rings (SSSR count). The van der Waals surface area contributed by atoms with Crippen molar-refractivity contribution in [3.63, 3.8) is 0 Å². The van der Waals surface area contributed by atoms with Gasteiger partial charge in [0.1, 0.15) is 16.9 Å². The molecule has 3 heterocycles. The van der Waals surface area contributed by atoms with Crippen molar-refractivity contribution in [1.82, 2.24) is 0 Å². The number of hydrogen-bond donors (Lipinski definition) is 0. The average Bonchev–Trinajstić information content (AvgIpc) is 3.17. The number of furan rings is 1. The summed E-state index contributed by atoms with van der Waals surface area (Å²) in [5.41, 5.74) is 3.64. The maximum absolute atomic E-state index is 12.1. The lowest BCUT2D eigenvalue weighted by Crippen LogP contribution is -1.98. The third-order valence-electron chi connectivity index (χ3n) is 4.57. The molecule has 124 valence electrons. The normalized spacial score (nSPS) is 13.0. The van der Waals surface area contributed by atoms with Crippen LogP contribution in [0.5, 0.6) is 11.5 Å². The fraction of sp³-hybridized carbons (Fsp3) is 0.150. The zero-order chi connectivity index (χ0) is 17.1. The molecule has 0 aliphatic carbocycles. The van der Waals surface area contributed by atoms with Crippen LogP contribution in [0.2, 0.25) is 0 Å². The van der Waals surface area contributed by atoms with Gasteiger partial charge in [-0.25, -0.2) is 4.79 Å². The third-order valence-corrected chi connectivity index (χ3v) is 4.57. The summed E-state index contributed by atoms with van der Waals surface area (Å²) < 4.78 is 22.2. The zero-order valence-corrected chi connectivity index (χ0v) is 13.7. The second kappa shape index (κ2) is 4.89. The van der Waals surface area contributed by atoms with Crippen LogP contribution < -0.4 is 15.1 Å². The van der Waals surface area contributed by atoms with Gasteiger partial charge in [0, 0.05) is 34.0 Å². The second-order valence-electron chi connectivity index (χ2n) is 6.24. The van der Waals surface area contributed by atoms with E-state index in [1.54, 1.807) is 6.07 Å². The molecule has 0 atom stereocenters. The van der Waals surface area contributed by atoms with Gasteiger partial charge in [0.2, 0.25) is 6.79 Å². The quantitative estimate of drug-likeness (QED) is 0.478. The highest BCUT2D eigenvalue weighted by atomic mass is 16.7. The lowest BCUT2D eigenvalue weighted by atomic mass is 10.0. The summed E-state index contributed by atoms with van der Waals surface area (Å²) in [6.07, 6.45) is 0. The number of ether oxygens (including phenoxy) is 2. The molecule has 25 heavy (non-hydrogen) atoms. The maximum Gasteiger partial charge on any atom is 0.336 e. The minimum absolute atomic E-state index is 0.161. The Hall–Kier alpha value is -3.21. The van der Waals surface area contributed by atoms with E-state index in [0.29, 0.717) is 28.4 Å². The van der Waals surface area contributed by atoms with Gasteiger partial charge in [-0.05, 0) is 32.0 Å². The Morgan fingerprint density at radius 2 is 1.64 bits per heavy atom. The molecule has 1 aliphatic heterocycles. The van der Waals surface area contributed by atoms with Gasteiger partial charge in [-0.1, -0.05) is 11.6 Å². The summed E-state index contributed by atoms with van der Waals surface area (Å²) in [6, 6.07) is 11.0. The van der Waals surface area contributed by atoms with E-state index in [4.69, 9.17) is 18.3 Å². The van der Waals surface area contributed by atoms with E-state index in [-0.39, 0.29) is 6.79 Å². The number of benzene rings is 2. The minimum atomic E-state index is -0.433. The second-order valence-corrected chi connectivity index (χ2v) is 6.24. The molecule has 2 aromatic carbocycles. The van der Waals surface area contributed by atoms with Crippen LogP contribution in [0.15, 0.2) is 50.0 Å². The summed E-state index contributed by atoms with van der Waals surface area (Å²) in [5.74, 6) is 1.87. The predicted molar refractivity (Wildman–Crippen MR) is 93.3 cm³/mol. The Bertz CT molecular complexity index is 1210. The van der Waals surface area contributed by atoms with Crippen LogP contribution in [0.3, 0.4) is 0 Å². The van der Waals surface area contributed by atoms with Crippen LogP contribution in [0.4, 0.5) is 0 Å². The Balaban J connectivity index is 1.86. The average molecular weight is 334 g/mol. The molecule has 0 spiro atoms. The van der Waals surface area contributed by atoms with Crippen LogP contribution in [-0.4, -0.2) is 6.79 Å². The van der Waals surface area contributed by atoms with Gasteiger partial charge in [0.25, 0.3) is 0 Å². The standard InChI is InChI=1S/C20H14O5/c1-10-3-4-15-12(5-10)11(2)20(25-15)14-7-19(21)24-16-8-18-17(6-13(14)16)22-9-23-18/h3-8H,9H2,1-2H3. The fourth-order valence-electron chi connectivity index (χ4n) is 3.33. The topological polar surface area (TPSA) is 61.8 Å². The van der Waals surface area contributed by atoms with Crippen LogP contribution in [0.1, 0.15) is 11.1 Å². The summed E-state index contributed by atoms with van der Waals surface area (Å²) in [7, 11) is 0. The first kappa shape index (κ1) is 14.2. The van der Waals surface area contributed by atoms with Gasteiger partial charge in [-0.3, -0.25) is 0 Å². The molecule has 0 N–H and O–H groups in total. The highest BCUT2D eigenvalue weighted by molar-refractivity contribution is 5.98. The Kier molecular flexibility index (Phi) is 2.77. The van der Waals surface area contributed by atoms with Gasteiger partial charge < -0.3 is 18.3 Å². The number of hydrogen-bond acceptors (Lipinski definition) is 5. The van der Waals surface area contributed by atoms with Gasteiger partial charge in [0.05, 0.1) is 0 Å². The smallest absolute Gasteiger partial charge is 0.336 e. The molecule has 0 amide bonds. The molecule has 4 aromatic rings. The molecule has 0 bridgehead atoms. The van der Waals surface area contributed by atoms with E-state index >= 15 is 0 Å². The van der Waals surface area contributed by atoms with Crippen molar-refractivity contribution in [3.05, 3.63) is 57.9 Å². The Morgan fingerprint density at radius 1 is 0.840 bits per heavy atom. The van der Waals surface area contributed by atoms with Crippen LogP contribution in [0.25, 0.3) is 33.3 Å². The lowest BCUT2D eigenvalue weighted by Gasteiger charge is -2.05. The number of fused-ring (bicyclic) bond motifs is 3. The first-order valence-electron chi connectivity index (χ1n) is 7.98. The van der Waals surface area contributed by atoms with Crippen molar-refractivity contribution >= 4 is 21.9 Å². The summed E-state index contributed by atoms with van der Waals surface area (Å²) in [5, 5.41) is 1.79. The van der Waals surface area contributed by atoms with Crippen molar-refractivity contribution in [2.75, 3.05) is 6.79 Å². The lowest BCUT2D eigenvalue weighted by molar-refractivity contribution is 0.174. The molecular formula is C20H14O5. The van der Waals surface area contributed by atoms with E-state index in [1.165, 1.54) is 6.07 Å². The van der Waals surface area contributed by atoms with Crippen LogP contribution in [-0.2, 0) is 0 Å². The molecule has 5 nitrogen and oxygen atoms in total. The maximum atomic E-state index is 12.1. The van der Waals surface area contributed by atoms with E-state index in [2.05, 4.69) is 6.07 Å². The Labute approximate surface area is 142 Å².